The molecule has 0 bridgehead atoms. The molecule has 1 aliphatic rings. The number of hydrogen-bond donors (Lipinski definition) is 0. The molecule has 1 atom stereocenters. The fourth-order valence-electron chi connectivity index (χ4n) is 2.14. The molecule has 2 rings (SSSR count). The molecule has 0 radical (unpaired) electrons. The number of thiazole rings is 1. The Kier molecular flexibility index (Phi) is 4.68. The average molecular weight is 253 g/mol. The van der Waals surface area contributed by atoms with Crippen molar-refractivity contribution >= 4 is 17.1 Å². The zero-order chi connectivity index (χ0) is 12.1. The van der Waals surface area contributed by atoms with Crippen LogP contribution in [0.25, 0.3) is 0 Å². The Balaban J connectivity index is 1.70. The highest BCUT2D eigenvalue weighted by atomic mass is 32.1. The van der Waals surface area contributed by atoms with Crippen LogP contribution in [-0.4, -0.2) is 23.5 Å². The van der Waals surface area contributed by atoms with Crippen LogP contribution in [0.3, 0.4) is 0 Å². The van der Waals surface area contributed by atoms with Crippen LogP contribution >= 0.6 is 11.3 Å². The third kappa shape index (κ3) is 4.21. The largest absolute Gasteiger partial charge is 0.378 e. The fourth-order valence-corrected chi connectivity index (χ4v) is 2.75. The lowest BCUT2D eigenvalue weighted by molar-refractivity contribution is -0.119. The molecule has 1 aromatic heterocycles. The van der Waals surface area contributed by atoms with Crippen molar-refractivity contribution in [1.82, 2.24) is 4.98 Å². The van der Waals surface area contributed by atoms with Gasteiger partial charge < -0.3 is 4.74 Å². The van der Waals surface area contributed by atoms with Crippen molar-refractivity contribution in [3.05, 3.63) is 16.1 Å². The van der Waals surface area contributed by atoms with Crippen LogP contribution in [0, 0.1) is 6.92 Å². The minimum Gasteiger partial charge on any atom is -0.378 e. The van der Waals surface area contributed by atoms with E-state index in [1.807, 2.05) is 12.3 Å². The van der Waals surface area contributed by atoms with Crippen LogP contribution in [-0.2, 0) is 16.0 Å². The molecule has 1 saturated heterocycles. The van der Waals surface area contributed by atoms with Crippen LogP contribution < -0.4 is 0 Å². The van der Waals surface area contributed by atoms with E-state index in [0.717, 1.165) is 30.2 Å². The number of ether oxygens (including phenoxy) is 1. The Labute approximate surface area is 106 Å². The van der Waals surface area contributed by atoms with Crippen molar-refractivity contribution in [1.29, 1.82) is 0 Å². The molecule has 3 nitrogen and oxygen atoms in total. The molecule has 94 valence electrons. The number of ketones is 1. The Bertz CT molecular complexity index is 369. The zero-order valence-corrected chi connectivity index (χ0v) is 11.1. The first-order valence-electron chi connectivity index (χ1n) is 6.28. The lowest BCUT2D eigenvalue weighted by atomic mass is 10.0. The smallest absolute Gasteiger partial charge is 0.138 e. The van der Waals surface area contributed by atoms with Gasteiger partial charge in [-0.25, -0.2) is 4.98 Å². The van der Waals surface area contributed by atoms with Crippen molar-refractivity contribution in [2.75, 3.05) is 6.61 Å². The summed E-state index contributed by atoms with van der Waals surface area (Å²) in [7, 11) is 0. The Hall–Kier alpha value is -0.740. The van der Waals surface area contributed by atoms with E-state index < -0.39 is 0 Å². The number of rotatable bonds is 5. The molecule has 1 unspecified atom stereocenters. The maximum absolute atomic E-state index is 11.8. The normalized spacial score (nSPS) is 20.4. The van der Waals surface area contributed by atoms with E-state index in [1.165, 1.54) is 12.8 Å². The Morgan fingerprint density at radius 3 is 3.12 bits per heavy atom. The predicted octanol–water partition coefficient (Wildman–Crippen LogP) is 2.91. The van der Waals surface area contributed by atoms with Gasteiger partial charge in [-0.2, -0.15) is 0 Å². The molecule has 0 aromatic carbocycles. The molecule has 1 aliphatic heterocycles. The number of Topliss-reactive ketones (excluding diaryl/α,β-unsaturated/α-hetero) is 1. The SMILES string of the molecule is Cc1nc(CC(=O)CCC2CCCCO2)cs1. The van der Waals surface area contributed by atoms with E-state index in [9.17, 15) is 4.79 Å². The first kappa shape index (κ1) is 12.7. The summed E-state index contributed by atoms with van der Waals surface area (Å²) in [4.78, 5) is 16.1. The van der Waals surface area contributed by atoms with Gasteiger partial charge >= 0.3 is 0 Å². The van der Waals surface area contributed by atoms with Gasteiger partial charge in [0, 0.05) is 24.8 Å². The molecule has 0 saturated carbocycles. The Morgan fingerprint density at radius 1 is 1.59 bits per heavy atom. The summed E-state index contributed by atoms with van der Waals surface area (Å²) in [6.45, 7) is 2.83. The minimum atomic E-state index is 0.282. The molecule has 0 aliphatic carbocycles. The average Bonchev–Trinajstić information content (AvgIpc) is 2.73. The van der Waals surface area contributed by atoms with Crippen LogP contribution in [0.4, 0.5) is 0 Å². The van der Waals surface area contributed by atoms with Gasteiger partial charge in [-0.1, -0.05) is 0 Å². The van der Waals surface area contributed by atoms with Gasteiger partial charge in [0.05, 0.1) is 16.8 Å². The highest BCUT2D eigenvalue weighted by Crippen LogP contribution is 2.18. The summed E-state index contributed by atoms with van der Waals surface area (Å²) >= 11 is 1.60. The van der Waals surface area contributed by atoms with Crippen LogP contribution in [0.1, 0.15) is 42.8 Å². The second-order valence-electron chi connectivity index (χ2n) is 4.60. The van der Waals surface area contributed by atoms with E-state index in [0.29, 0.717) is 18.9 Å². The molecule has 4 heteroatoms. The molecule has 1 fully saturated rings. The number of nitrogens with zero attached hydrogens (tertiary/aromatic N) is 1. The van der Waals surface area contributed by atoms with Gasteiger partial charge in [0.1, 0.15) is 5.78 Å². The first-order chi connectivity index (χ1) is 8.24. The summed E-state index contributed by atoms with van der Waals surface area (Å²) in [6, 6.07) is 0. The van der Waals surface area contributed by atoms with Gasteiger partial charge in [0.25, 0.3) is 0 Å². The molecule has 0 N–H and O–H groups in total. The van der Waals surface area contributed by atoms with Crippen LogP contribution in [0.5, 0.6) is 0 Å². The summed E-state index contributed by atoms with van der Waals surface area (Å²) in [5.41, 5.74) is 0.919. The standard InChI is InChI=1S/C13H19NO2S/c1-10-14-11(9-17-10)8-12(15)5-6-13-4-2-3-7-16-13/h9,13H,2-8H2,1H3. The van der Waals surface area contributed by atoms with Crippen molar-refractivity contribution in [2.24, 2.45) is 0 Å². The number of aromatic nitrogens is 1. The third-order valence-electron chi connectivity index (χ3n) is 3.06. The van der Waals surface area contributed by atoms with Crippen molar-refractivity contribution in [3.63, 3.8) is 0 Å². The second kappa shape index (κ2) is 6.26. The minimum absolute atomic E-state index is 0.282. The number of carbonyl (C=O) groups is 1. The molecule has 17 heavy (non-hydrogen) atoms. The van der Waals surface area contributed by atoms with E-state index in [-0.39, 0.29) is 5.78 Å². The molecular formula is C13H19NO2S. The maximum atomic E-state index is 11.8. The fraction of sp³-hybridized carbons (Fsp3) is 0.692. The second-order valence-corrected chi connectivity index (χ2v) is 5.66. The predicted molar refractivity (Wildman–Crippen MR) is 68.4 cm³/mol. The van der Waals surface area contributed by atoms with E-state index in [4.69, 9.17) is 4.74 Å². The van der Waals surface area contributed by atoms with E-state index >= 15 is 0 Å². The van der Waals surface area contributed by atoms with Gasteiger partial charge in [-0.3, -0.25) is 4.79 Å². The lowest BCUT2D eigenvalue weighted by Gasteiger charge is -2.21. The maximum Gasteiger partial charge on any atom is 0.138 e. The van der Waals surface area contributed by atoms with Crippen LogP contribution in [0.2, 0.25) is 0 Å². The third-order valence-corrected chi connectivity index (χ3v) is 3.89. The van der Waals surface area contributed by atoms with Crippen LogP contribution in [0.15, 0.2) is 5.38 Å². The summed E-state index contributed by atoms with van der Waals surface area (Å²) in [5, 5.41) is 3.01. The molecule has 1 aromatic rings. The van der Waals surface area contributed by atoms with Crippen molar-refractivity contribution in [2.45, 2.75) is 51.6 Å². The van der Waals surface area contributed by atoms with Gasteiger partial charge in [-0.15, -0.1) is 11.3 Å². The summed E-state index contributed by atoms with van der Waals surface area (Å²) in [5.74, 6) is 0.282. The first-order valence-corrected chi connectivity index (χ1v) is 7.16. The number of aryl methyl sites for hydroxylation is 1. The van der Waals surface area contributed by atoms with Gasteiger partial charge in [0.15, 0.2) is 0 Å². The van der Waals surface area contributed by atoms with E-state index in [2.05, 4.69) is 4.98 Å². The van der Waals surface area contributed by atoms with E-state index in [1.54, 1.807) is 11.3 Å². The van der Waals surface area contributed by atoms with Gasteiger partial charge in [0.2, 0.25) is 0 Å². The molecule has 0 spiro atoms. The highest BCUT2D eigenvalue weighted by Gasteiger charge is 2.15. The Morgan fingerprint density at radius 2 is 2.47 bits per heavy atom. The number of carbonyl (C=O) groups excluding carboxylic acids is 1. The highest BCUT2D eigenvalue weighted by molar-refractivity contribution is 7.09. The summed E-state index contributed by atoms with van der Waals surface area (Å²) in [6.07, 6.45) is 5.82. The summed E-state index contributed by atoms with van der Waals surface area (Å²) < 4.78 is 5.62. The quantitative estimate of drug-likeness (QED) is 0.810. The molecular weight excluding hydrogens is 234 g/mol. The van der Waals surface area contributed by atoms with Crippen molar-refractivity contribution in [3.8, 4) is 0 Å². The monoisotopic (exact) mass is 253 g/mol. The molecule has 0 amide bonds. The number of hydrogen-bond acceptors (Lipinski definition) is 4. The lowest BCUT2D eigenvalue weighted by Crippen LogP contribution is -2.20. The van der Waals surface area contributed by atoms with Gasteiger partial charge in [-0.05, 0) is 32.6 Å². The molecule has 2 heterocycles. The van der Waals surface area contributed by atoms with Crippen molar-refractivity contribution < 1.29 is 9.53 Å². The topological polar surface area (TPSA) is 39.2 Å². The zero-order valence-electron chi connectivity index (χ0n) is 10.3.